The number of benzene rings is 1. The summed E-state index contributed by atoms with van der Waals surface area (Å²) in [6.07, 6.45) is 0.0812. The van der Waals surface area contributed by atoms with Gasteiger partial charge in [-0.05, 0) is 38.3 Å². The smallest absolute Gasteiger partial charge is 0.238 e. The Bertz CT molecular complexity index is 1240. The Labute approximate surface area is 244 Å². The average molecular weight is 617 g/mol. The van der Waals surface area contributed by atoms with E-state index in [1.807, 2.05) is 6.92 Å². The third-order valence-corrected chi connectivity index (χ3v) is 9.99. The Morgan fingerprint density at radius 2 is 1.86 bits per heavy atom. The molecular weight excluding hydrogens is 581 g/mol. The molecule has 0 bridgehead atoms. The van der Waals surface area contributed by atoms with Crippen molar-refractivity contribution in [3.05, 3.63) is 35.8 Å². The van der Waals surface area contributed by atoms with Crippen LogP contribution in [0.25, 0.3) is 11.3 Å². The normalized spacial score (nSPS) is 28.7. The van der Waals surface area contributed by atoms with E-state index in [9.17, 15) is 38.4 Å². The zero-order chi connectivity index (χ0) is 30.2. The third-order valence-electron chi connectivity index (χ3n) is 8.42. The molecule has 2 saturated heterocycles. The van der Waals surface area contributed by atoms with Crippen LogP contribution in [0.4, 0.5) is 13.2 Å². The Morgan fingerprint density at radius 1 is 1.19 bits per heavy atom. The van der Waals surface area contributed by atoms with E-state index in [1.54, 1.807) is 4.90 Å². The number of aliphatic hydroxyl groups excluding tert-OH is 3. The predicted molar refractivity (Wildman–Crippen MR) is 144 cm³/mol. The molecule has 1 aliphatic carbocycles. The van der Waals surface area contributed by atoms with E-state index < -0.39 is 64.7 Å². The van der Waals surface area contributed by atoms with Crippen molar-refractivity contribution in [2.75, 3.05) is 26.4 Å². The number of thioether (sulfide) groups is 1. The van der Waals surface area contributed by atoms with Gasteiger partial charge in [0.05, 0.1) is 18.4 Å². The van der Waals surface area contributed by atoms with E-state index in [0.717, 1.165) is 47.8 Å². The molecule has 1 amide bonds. The molecule has 0 spiro atoms. The van der Waals surface area contributed by atoms with Gasteiger partial charge in [0.2, 0.25) is 5.91 Å². The number of carbonyl (C=O) groups is 1. The van der Waals surface area contributed by atoms with Gasteiger partial charge in [0.1, 0.15) is 40.7 Å². The molecule has 0 unspecified atom stereocenters. The van der Waals surface area contributed by atoms with Gasteiger partial charge in [-0.2, -0.15) is 0 Å². The summed E-state index contributed by atoms with van der Waals surface area (Å²) in [4.78, 5) is 15.7. The van der Waals surface area contributed by atoms with E-state index >= 15 is 0 Å². The van der Waals surface area contributed by atoms with Gasteiger partial charge in [-0.1, -0.05) is 5.21 Å². The second kappa shape index (κ2) is 12.8. The molecule has 3 aliphatic rings. The Morgan fingerprint density at radius 3 is 2.43 bits per heavy atom. The lowest BCUT2D eigenvalue weighted by molar-refractivity contribution is -0.179. The SMILES string of the molecule is CCN(C(=O)[C@@H](S[C@@H]1O[C@H](CO)[C@H](O)[C@H](n2cc(-c3cc(F)c(F)c(F)c3)nn2)[C@H]1O)C1(O)CCOCC1)C1CCC1. The first-order valence-corrected chi connectivity index (χ1v) is 15.0. The monoisotopic (exact) mass is 616 g/mol. The lowest BCUT2D eigenvalue weighted by Crippen LogP contribution is -2.59. The van der Waals surface area contributed by atoms with Crippen molar-refractivity contribution in [3.8, 4) is 11.3 Å². The summed E-state index contributed by atoms with van der Waals surface area (Å²) in [5, 5.41) is 50.9. The van der Waals surface area contributed by atoms with Crippen molar-refractivity contribution in [1.29, 1.82) is 0 Å². The first kappa shape index (κ1) is 31.2. The van der Waals surface area contributed by atoms with Gasteiger partial charge in [0, 0.05) is 44.2 Å². The fourth-order valence-corrected chi connectivity index (χ4v) is 7.27. The molecule has 2 aliphatic heterocycles. The maximum atomic E-state index is 14.0. The molecule has 15 heteroatoms. The summed E-state index contributed by atoms with van der Waals surface area (Å²) < 4.78 is 53.5. The van der Waals surface area contributed by atoms with E-state index in [2.05, 4.69) is 10.3 Å². The van der Waals surface area contributed by atoms with Crippen molar-refractivity contribution in [2.45, 2.75) is 85.7 Å². The molecule has 11 nitrogen and oxygen atoms in total. The molecular formula is C27H35F3N4O7S. The van der Waals surface area contributed by atoms with Crippen LogP contribution in [0, 0.1) is 17.5 Å². The average Bonchev–Trinajstić information content (AvgIpc) is 3.42. The number of hydrogen-bond donors (Lipinski definition) is 4. The van der Waals surface area contributed by atoms with E-state index in [0.29, 0.717) is 6.54 Å². The van der Waals surface area contributed by atoms with Crippen LogP contribution in [-0.2, 0) is 14.3 Å². The molecule has 2 aromatic rings. The van der Waals surface area contributed by atoms with Gasteiger partial charge in [-0.25, -0.2) is 17.9 Å². The number of carbonyl (C=O) groups excluding carboxylic acids is 1. The molecule has 3 heterocycles. The number of hydrogen-bond acceptors (Lipinski definition) is 10. The van der Waals surface area contributed by atoms with Gasteiger partial charge in [-0.15, -0.1) is 16.9 Å². The van der Waals surface area contributed by atoms with Crippen LogP contribution in [0.15, 0.2) is 18.3 Å². The van der Waals surface area contributed by atoms with Crippen LogP contribution in [0.3, 0.4) is 0 Å². The number of amides is 1. The first-order valence-electron chi connectivity index (χ1n) is 14.0. The number of halogens is 3. The van der Waals surface area contributed by atoms with Crippen molar-refractivity contribution in [2.24, 2.45) is 0 Å². The number of aliphatic hydroxyl groups is 4. The molecule has 5 rings (SSSR count). The summed E-state index contributed by atoms with van der Waals surface area (Å²) in [5.74, 6) is -4.78. The van der Waals surface area contributed by atoms with Gasteiger partial charge in [0.25, 0.3) is 0 Å². The number of ether oxygens (including phenoxy) is 2. The molecule has 1 aromatic heterocycles. The molecule has 0 radical (unpaired) electrons. The standard InChI is InChI=1S/C27H35F3N4O7S/c1-2-33(15-4-3-5-15)25(38)24(27(39)6-8-40-9-7-27)42-26-23(37)21(22(36)19(13-35)41-26)34-12-18(31-32-34)14-10-16(28)20(30)17(29)11-14/h10-12,15,19,21-24,26,35-37,39H,2-9,13H2,1H3/t19-,21+,22+,23-,24-,26+/m1/s1. The molecule has 42 heavy (non-hydrogen) atoms. The lowest BCUT2D eigenvalue weighted by Gasteiger charge is -2.47. The van der Waals surface area contributed by atoms with E-state index in [1.165, 1.54) is 6.20 Å². The molecule has 232 valence electrons. The lowest BCUT2D eigenvalue weighted by atomic mass is 9.87. The number of nitrogens with zero attached hydrogens (tertiary/aromatic N) is 4. The highest BCUT2D eigenvalue weighted by molar-refractivity contribution is 8.01. The topological polar surface area (TPSA) is 150 Å². The second-order valence-electron chi connectivity index (χ2n) is 11.0. The predicted octanol–water partition coefficient (Wildman–Crippen LogP) is 1.39. The fourth-order valence-electron chi connectivity index (χ4n) is 5.73. The Kier molecular flexibility index (Phi) is 9.47. The number of rotatable bonds is 9. The Hall–Kier alpha value is -2.27. The maximum absolute atomic E-state index is 14.0. The first-order chi connectivity index (χ1) is 20.1. The van der Waals surface area contributed by atoms with E-state index in [-0.39, 0.29) is 49.3 Å². The molecule has 3 fully saturated rings. The Balaban J connectivity index is 1.44. The minimum Gasteiger partial charge on any atom is -0.394 e. The maximum Gasteiger partial charge on any atom is 0.238 e. The summed E-state index contributed by atoms with van der Waals surface area (Å²) in [6.45, 7) is 2.16. The van der Waals surface area contributed by atoms with Crippen molar-refractivity contribution in [1.82, 2.24) is 19.9 Å². The summed E-state index contributed by atoms with van der Waals surface area (Å²) in [6, 6.07) is 0.274. The van der Waals surface area contributed by atoms with Gasteiger partial charge >= 0.3 is 0 Å². The van der Waals surface area contributed by atoms with Crippen LogP contribution < -0.4 is 0 Å². The number of aromatic nitrogens is 3. The van der Waals surface area contributed by atoms with Crippen LogP contribution in [-0.4, -0.2) is 113 Å². The van der Waals surface area contributed by atoms with Crippen LogP contribution in [0.2, 0.25) is 0 Å². The zero-order valence-electron chi connectivity index (χ0n) is 23.0. The third kappa shape index (κ3) is 5.92. The molecule has 4 N–H and O–H groups in total. The van der Waals surface area contributed by atoms with E-state index in [4.69, 9.17) is 9.47 Å². The summed E-state index contributed by atoms with van der Waals surface area (Å²) >= 11 is 0.918. The zero-order valence-corrected chi connectivity index (χ0v) is 23.8. The second-order valence-corrected chi connectivity index (χ2v) is 12.2. The van der Waals surface area contributed by atoms with Crippen molar-refractivity contribution < 1.29 is 47.9 Å². The highest BCUT2D eigenvalue weighted by Crippen LogP contribution is 2.43. The van der Waals surface area contributed by atoms with Crippen molar-refractivity contribution in [3.63, 3.8) is 0 Å². The largest absolute Gasteiger partial charge is 0.394 e. The van der Waals surface area contributed by atoms with Gasteiger partial charge < -0.3 is 34.8 Å². The molecule has 1 saturated carbocycles. The summed E-state index contributed by atoms with van der Waals surface area (Å²) in [7, 11) is 0. The van der Waals surface area contributed by atoms with Gasteiger partial charge in [-0.3, -0.25) is 4.79 Å². The molecule has 6 atom stereocenters. The van der Waals surface area contributed by atoms with Crippen LogP contribution in [0.5, 0.6) is 0 Å². The fraction of sp³-hybridized carbons (Fsp3) is 0.667. The van der Waals surface area contributed by atoms with Gasteiger partial charge in [0.15, 0.2) is 17.5 Å². The van der Waals surface area contributed by atoms with Crippen LogP contribution in [0.1, 0.15) is 45.1 Å². The van der Waals surface area contributed by atoms with Crippen molar-refractivity contribution >= 4 is 17.7 Å². The quantitative estimate of drug-likeness (QED) is 0.305. The minimum absolute atomic E-state index is 0.0562. The summed E-state index contributed by atoms with van der Waals surface area (Å²) in [5.41, 5.74) is -2.85. The van der Waals surface area contributed by atoms with Crippen LogP contribution >= 0.6 is 11.8 Å². The minimum atomic E-state index is -1.64. The highest BCUT2D eigenvalue weighted by Gasteiger charge is 2.52. The molecule has 1 aromatic carbocycles. The highest BCUT2D eigenvalue weighted by atomic mass is 32.2.